The molecule has 28 heavy (non-hydrogen) atoms. The van der Waals surface area contributed by atoms with Crippen molar-refractivity contribution in [2.45, 2.75) is 26.4 Å². The first-order valence-electron chi connectivity index (χ1n) is 8.79. The third kappa shape index (κ3) is 2.17. The molecule has 3 heterocycles. The van der Waals surface area contributed by atoms with Gasteiger partial charge in [0, 0.05) is 22.4 Å². The molecule has 2 amide bonds. The summed E-state index contributed by atoms with van der Waals surface area (Å²) in [6.45, 7) is 5.30. The fraction of sp³-hybridized carbons (Fsp3) is 0.200. The Hall–Kier alpha value is -3.68. The lowest BCUT2D eigenvalue weighted by Gasteiger charge is -2.19. The Morgan fingerprint density at radius 2 is 1.79 bits per heavy atom. The van der Waals surface area contributed by atoms with Gasteiger partial charge >= 0.3 is 6.09 Å². The van der Waals surface area contributed by atoms with Crippen LogP contribution in [0.1, 0.15) is 41.5 Å². The SMILES string of the molecule is CC(C)(C)OC(=O)n1cc2c([nH]1)c1c(c3c4ccccc4nc23)C(=O)NC1=O. The van der Waals surface area contributed by atoms with E-state index in [1.807, 2.05) is 24.3 Å². The number of fused-ring (bicyclic) bond motifs is 8. The standard InChI is InChI=1S/C20H16N4O4/c1-20(2,3)28-19(27)24-8-10-15-12(9-6-4-5-7-11(9)21-15)13-14(16(10)23-24)18(26)22-17(13)25/h4-8,23H,1-3H3,(H,22,25,26). The van der Waals surface area contributed by atoms with Gasteiger partial charge in [0.05, 0.1) is 27.7 Å². The second-order valence-corrected chi connectivity index (χ2v) is 7.77. The van der Waals surface area contributed by atoms with Crippen LogP contribution in [0, 0.1) is 0 Å². The summed E-state index contributed by atoms with van der Waals surface area (Å²) in [5.74, 6) is -0.973. The molecule has 0 spiro atoms. The molecule has 2 aromatic heterocycles. The minimum atomic E-state index is -0.681. The fourth-order valence-corrected chi connectivity index (χ4v) is 3.65. The lowest BCUT2D eigenvalue weighted by Crippen LogP contribution is -2.27. The zero-order chi connectivity index (χ0) is 19.8. The number of aromatic amines is 1. The van der Waals surface area contributed by atoms with Crippen LogP contribution in [0.5, 0.6) is 0 Å². The average molecular weight is 376 g/mol. The molecule has 1 aliphatic heterocycles. The monoisotopic (exact) mass is 376 g/mol. The third-order valence-corrected chi connectivity index (χ3v) is 4.68. The van der Waals surface area contributed by atoms with Crippen LogP contribution < -0.4 is 5.32 Å². The average Bonchev–Trinajstić information content (AvgIpc) is 3.26. The van der Waals surface area contributed by atoms with Crippen molar-refractivity contribution in [3.63, 3.8) is 0 Å². The van der Waals surface area contributed by atoms with Crippen molar-refractivity contribution in [3.05, 3.63) is 41.6 Å². The normalized spacial score (nSPS) is 14.1. The molecule has 0 saturated heterocycles. The van der Waals surface area contributed by atoms with E-state index in [1.165, 1.54) is 4.68 Å². The molecule has 0 radical (unpaired) electrons. The van der Waals surface area contributed by atoms with E-state index in [-0.39, 0.29) is 11.1 Å². The van der Waals surface area contributed by atoms with Gasteiger partial charge in [-0.3, -0.25) is 20.0 Å². The minimum Gasteiger partial charge on any atom is -0.442 e. The van der Waals surface area contributed by atoms with Gasteiger partial charge in [-0.05, 0) is 26.8 Å². The van der Waals surface area contributed by atoms with Crippen molar-refractivity contribution in [3.8, 4) is 0 Å². The van der Waals surface area contributed by atoms with Crippen LogP contribution in [0.2, 0.25) is 0 Å². The minimum absolute atomic E-state index is 0.216. The maximum absolute atomic E-state index is 12.5. The van der Waals surface area contributed by atoms with Crippen LogP contribution in [0.4, 0.5) is 4.79 Å². The number of carbonyl (C=O) groups excluding carboxylic acids is 3. The zero-order valence-electron chi connectivity index (χ0n) is 15.4. The molecule has 4 aromatic rings. The summed E-state index contributed by atoms with van der Waals surface area (Å²) in [5.41, 5.74) is 1.45. The van der Waals surface area contributed by atoms with Crippen molar-refractivity contribution in [1.29, 1.82) is 0 Å². The number of ether oxygens (including phenoxy) is 1. The van der Waals surface area contributed by atoms with Crippen LogP contribution >= 0.6 is 0 Å². The highest BCUT2D eigenvalue weighted by atomic mass is 16.6. The predicted molar refractivity (Wildman–Crippen MR) is 103 cm³/mol. The number of H-pyrrole nitrogens is 1. The van der Waals surface area contributed by atoms with E-state index in [0.29, 0.717) is 27.3 Å². The van der Waals surface area contributed by atoms with Gasteiger partial charge in [0.2, 0.25) is 0 Å². The number of nitrogens with one attached hydrogen (secondary N) is 2. The number of hydrogen-bond acceptors (Lipinski definition) is 5. The smallest absolute Gasteiger partial charge is 0.433 e. The van der Waals surface area contributed by atoms with Crippen molar-refractivity contribution >= 4 is 50.6 Å². The summed E-state index contributed by atoms with van der Waals surface area (Å²) in [5, 5.41) is 7.20. The maximum Gasteiger partial charge on any atom is 0.433 e. The van der Waals surface area contributed by atoms with E-state index >= 15 is 0 Å². The summed E-state index contributed by atoms with van der Waals surface area (Å²) in [7, 11) is 0. The van der Waals surface area contributed by atoms with Crippen LogP contribution in [-0.4, -0.2) is 38.3 Å². The van der Waals surface area contributed by atoms with E-state index in [9.17, 15) is 14.4 Å². The van der Waals surface area contributed by atoms with Gasteiger partial charge < -0.3 is 4.74 Å². The molecule has 0 bridgehead atoms. The number of para-hydroxylation sites is 1. The fourth-order valence-electron chi connectivity index (χ4n) is 3.65. The van der Waals surface area contributed by atoms with E-state index in [2.05, 4.69) is 15.4 Å². The number of imide groups is 1. The van der Waals surface area contributed by atoms with E-state index < -0.39 is 23.5 Å². The molecule has 0 aliphatic carbocycles. The lowest BCUT2D eigenvalue weighted by atomic mass is 9.99. The van der Waals surface area contributed by atoms with E-state index in [0.717, 1.165) is 5.39 Å². The summed E-state index contributed by atoms with van der Waals surface area (Å²) >= 11 is 0. The van der Waals surface area contributed by atoms with Crippen molar-refractivity contribution < 1.29 is 19.1 Å². The number of rotatable bonds is 0. The molecule has 1 aliphatic rings. The first-order chi connectivity index (χ1) is 13.2. The van der Waals surface area contributed by atoms with E-state index in [1.54, 1.807) is 27.0 Å². The van der Waals surface area contributed by atoms with Crippen LogP contribution in [0.15, 0.2) is 30.5 Å². The Labute approximate surface area is 158 Å². The molecule has 2 N–H and O–H groups in total. The summed E-state index contributed by atoms with van der Waals surface area (Å²) in [4.78, 5) is 42.2. The van der Waals surface area contributed by atoms with Crippen molar-refractivity contribution in [2.75, 3.05) is 0 Å². The van der Waals surface area contributed by atoms with Gasteiger partial charge in [-0.25, -0.2) is 9.78 Å². The van der Waals surface area contributed by atoms with Gasteiger partial charge in [-0.2, -0.15) is 4.68 Å². The second-order valence-electron chi connectivity index (χ2n) is 7.77. The molecular weight excluding hydrogens is 360 g/mol. The largest absolute Gasteiger partial charge is 0.442 e. The zero-order valence-corrected chi connectivity index (χ0v) is 15.4. The van der Waals surface area contributed by atoms with Crippen LogP contribution in [-0.2, 0) is 4.74 Å². The van der Waals surface area contributed by atoms with Crippen LogP contribution in [0.3, 0.4) is 0 Å². The molecule has 0 fully saturated rings. The maximum atomic E-state index is 12.5. The number of nitrogens with zero attached hydrogens (tertiary/aromatic N) is 2. The van der Waals surface area contributed by atoms with Gasteiger partial charge in [-0.1, -0.05) is 18.2 Å². The van der Waals surface area contributed by atoms with Crippen molar-refractivity contribution in [2.24, 2.45) is 0 Å². The quantitative estimate of drug-likeness (QED) is 0.458. The molecule has 2 aromatic carbocycles. The highest BCUT2D eigenvalue weighted by molar-refractivity contribution is 6.36. The molecule has 5 rings (SSSR count). The van der Waals surface area contributed by atoms with Crippen LogP contribution in [0.25, 0.3) is 32.7 Å². The van der Waals surface area contributed by atoms with Gasteiger partial charge in [0.25, 0.3) is 11.8 Å². The Morgan fingerprint density at radius 3 is 2.54 bits per heavy atom. The third-order valence-electron chi connectivity index (χ3n) is 4.68. The molecule has 8 heteroatoms. The van der Waals surface area contributed by atoms with Gasteiger partial charge in [0.1, 0.15) is 5.60 Å². The van der Waals surface area contributed by atoms with Crippen molar-refractivity contribution in [1.82, 2.24) is 20.1 Å². The highest BCUT2D eigenvalue weighted by Gasteiger charge is 2.35. The van der Waals surface area contributed by atoms with E-state index in [4.69, 9.17) is 4.74 Å². The first-order valence-corrected chi connectivity index (χ1v) is 8.79. The first kappa shape index (κ1) is 16.5. The summed E-state index contributed by atoms with van der Waals surface area (Å²) < 4.78 is 6.57. The Kier molecular flexibility index (Phi) is 3.06. The molecular formula is C20H16N4O4. The Morgan fingerprint density at radius 1 is 1.07 bits per heavy atom. The molecule has 0 saturated carbocycles. The number of amides is 2. The Balaban J connectivity index is 1.90. The van der Waals surface area contributed by atoms with Gasteiger partial charge in [0.15, 0.2) is 0 Å². The number of benzene rings is 2. The number of carbonyl (C=O) groups is 3. The number of hydrogen-bond donors (Lipinski definition) is 2. The highest BCUT2D eigenvalue weighted by Crippen LogP contribution is 2.38. The summed E-state index contributed by atoms with van der Waals surface area (Å²) in [6, 6.07) is 7.42. The Bertz CT molecular complexity index is 1350. The lowest BCUT2D eigenvalue weighted by molar-refractivity contribution is 0.0515. The number of aromatic nitrogens is 3. The topological polar surface area (TPSA) is 106 Å². The predicted octanol–water partition coefficient (Wildman–Crippen LogP) is 3.34. The summed E-state index contributed by atoms with van der Waals surface area (Å²) in [6.07, 6.45) is 0.931. The second kappa shape index (κ2) is 5.19. The molecule has 0 atom stereocenters. The van der Waals surface area contributed by atoms with Gasteiger partial charge in [-0.15, -0.1) is 0 Å². The molecule has 0 unspecified atom stereocenters. The molecule has 140 valence electrons. The molecule has 8 nitrogen and oxygen atoms in total.